The summed E-state index contributed by atoms with van der Waals surface area (Å²) in [5.74, 6) is 0.255. The number of aryl methyl sites for hydroxylation is 1. The number of hydrogen-bond donors (Lipinski definition) is 1. The zero-order chi connectivity index (χ0) is 20.5. The number of nitrogens with zero attached hydrogens (tertiary/aromatic N) is 2. The second-order valence-electron chi connectivity index (χ2n) is 8.06. The molecule has 148 valence electrons. The highest BCUT2D eigenvalue weighted by atomic mass is 19.1. The SMILES string of the molecule is Cc1cc(C(C)(C)C)ccc1OCC(O)Cn1cnc2cc(F)ccc2c1=O. The lowest BCUT2D eigenvalue weighted by atomic mass is 9.86. The van der Waals surface area contributed by atoms with E-state index in [1.54, 1.807) is 0 Å². The summed E-state index contributed by atoms with van der Waals surface area (Å²) in [6.45, 7) is 8.50. The molecular formula is C22H25FN2O3. The molecule has 1 aromatic heterocycles. The molecule has 6 heteroatoms. The maximum absolute atomic E-state index is 13.3. The van der Waals surface area contributed by atoms with Gasteiger partial charge in [-0.15, -0.1) is 0 Å². The summed E-state index contributed by atoms with van der Waals surface area (Å²) in [4.78, 5) is 16.6. The fourth-order valence-electron chi connectivity index (χ4n) is 3.01. The second kappa shape index (κ2) is 7.72. The smallest absolute Gasteiger partial charge is 0.261 e. The normalized spacial score (nSPS) is 12.9. The highest BCUT2D eigenvalue weighted by Gasteiger charge is 2.16. The van der Waals surface area contributed by atoms with Crippen LogP contribution in [0.5, 0.6) is 5.75 Å². The number of aromatic nitrogens is 2. The predicted octanol–water partition coefficient (Wildman–Crippen LogP) is 3.58. The van der Waals surface area contributed by atoms with Crippen molar-refractivity contribution in [1.29, 1.82) is 0 Å². The molecule has 0 saturated carbocycles. The van der Waals surface area contributed by atoms with Crippen LogP contribution in [0.1, 0.15) is 31.9 Å². The first-order valence-corrected chi connectivity index (χ1v) is 9.22. The fraction of sp³-hybridized carbons (Fsp3) is 0.364. The summed E-state index contributed by atoms with van der Waals surface area (Å²) in [5.41, 5.74) is 2.22. The third kappa shape index (κ3) is 4.39. The molecule has 1 atom stereocenters. The van der Waals surface area contributed by atoms with Crippen LogP contribution in [-0.2, 0) is 12.0 Å². The maximum atomic E-state index is 13.3. The van der Waals surface area contributed by atoms with E-state index in [1.165, 1.54) is 34.7 Å². The van der Waals surface area contributed by atoms with Crippen molar-refractivity contribution < 1.29 is 14.2 Å². The van der Waals surface area contributed by atoms with Crippen molar-refractivity contribution in [2.45, 2.75) is 45.8 Å². The van der Waals surface area contributed by atoms with Crippen LogP contribution in [0.3, 0.4) is 0 Å². The molecule has 5 nitrogen and oxygen atoms in total. The average molecular weight is 384 g/mol. The summed E-state index contributed by atoms with van der Waals surface area (Å²) < 4.78 is 20.3. The van der Waals surface area contributed by atoms with Gasteiger partial charge in [0.15, 0.2) is 0 Å². The van der Waals surface area contributed by atoms with Crippen molar-refractivity contribution >= 4 is 10.9 Å². The third-order valence-corrected chi connectivity index (χ3v) is 4.67. The summed E-state index contributed by atoms with van der Waals surface area (Å²) in [6, 6.07) is 9.84. The molecule has 0 radical (unpaired) electrons. The van der Waals surface area contributed by atoms with Gasteiger partial charge in [-0.05, 0) is 41.7 Å². The van der Waals surface area contributed by atoms with E-state index in [0.717, 1.165) is 5.56 Å². The lowest BCUT2D eigenvalue weighted by molar-refractivity contribution is 0.0911. The molecule has 1 unspecified atom stereocenters. The molecule has 1 N–H and O–H groups in total. The van der Waals surface area contributed by atoms with Crippen LogP contribution in [0.25, 0.3) is 10.9 Å². The molecular weight excluding hydrogens is 359 g/mol. The van der Waals surface area contributed by atoms with Crippen LogP contribution in [-0.4, -0.2) is 27.4 Å². The number of aliphatic hydroxyl groups excluding tert-OH is 1. The monoisotopic (exact) mass is 384 g/mol. The molecule has 0 fully saturated rings. The molecule has 3 rings (SSSR count). The Morgan fingerprint density at radius 3 is 2.64 bits per heavy atom. The van der Waals surface area contributed by atoms with Crippen LogP contribution in [0.4, 0.5) is 4.39 Å². The summed E-state index contributed by atoms with van der Waals surface area (Å²) in [7, 11) is 0. The molecule has 0 spiro atoms. The number of ether oxygens (including phenoxy) is 1. The molecule has 0 aliphatic rings. The first-order valence-electron chi connectivity index (χ1n) is 9.22. The lowest BCUT2D eigenvalue weighted by Gasteiger charge is -2.21. The zero-order valence-corrected chi connectivity index (χ0v) is 16.6. The van der Waals surface area contributed by atoms with Gasteiger partial charge in [0.1, 0.15) is 24.3 Å². The fourth-order valence-corrected chi connectivity index (χ4v) is 3.01. The molecule has 1 heterocycles. The van der Waals surface area contributed by atoms with Gasteiger partial charge < -0.3 is 9.84 Å². The Morgan fingerprint density at radius 2 is 1.96 bits per heavy atom. The Bertz CT molecular complexity index is 1050. The second-order valence-corrected chi connectivity index (χ2v) is 8.06. The van der Waals surface area contributed by atoms with Gasteiger partial charge in [0.05, 0.1) is 23.8 Å². The van der Waals surface area contributed by atoms with Gasteiger partial charge in [-0.3, -0.25) is 9.36 Å². The molecule has 28 heavy (non-hydrogen) atoms. The van der Waals surface area contributed by atoms with Crippen molar-refractivity contribution in [1.82, 2.24) is 9.55 Å². The van der Waals surface area contributed by atoms with Gasteiger partial charge in [-0.25, -0.2) is 9.37 Å². The molecule has 0 amide bonds. The minimum atomic E-state index is -0.890. The van der Waals surface area contributed by atoms with Crippen LogP contribution in [0, 0.1) is 12.7 Å². The van der Waals surface area contributed by atoms with Gasteiger partial charge in [0.2, 0.25) is 0 Å². The van der Waals surface area contributed by atoms with Crippen LogP contribution in [0.15, 0.2) is 47.5 Å². The minimum Gasteiger partial charge on any atom is -0.491 e. The third-order valence-electron chi connectivity index (χ3n) is 4.67. The van der Waals surface area contributed by atoms with Crippen LogP contribution >= 0.6 is 0 Å². The van der Waals surface area contributed by atoms with Crippen molar-refractivity contribution in [2.75, 3.05) is 6.61 Å². The number of rotatable bonds is 5. The Balaban J connectivity index is 1.69. The molecule has 2 aromatic carbocycles. The minimum absolute atomic E-state index is 0.0400. The summed E-state index contributed by atoms with van der Waals surface area (Å²) >= 11 is 0. The lowest BCUT2D eigenvalue weighted by Crippen LogP contribution is -2.30. The quantitative estimate of drug-likeness (QED) is 0.730. The average Bonchev–Trinajstić information content (AvgIpc) is 2.62. The van der Waals surface area contributed by atoms with E-state index in [4.69, 9.17) is 4.74 Å². The Hall–Kier alpha value is -2.73. The zero-order valence-electron chi connectivity index (χ0n) is 16.6. The molecule has 0 aliphatic carbocycles. The number of aliphatic hydroxyl groups is 1. The van der Waals surface area contributed by atoms with E-state index in [2.05, 4.69) is 31.8 Å². The van der Waals surface area contributed by atoms with E-state index >= 15 is 0 Å². The summed E-state index contributed by atoms with van der Waals surface area (Å²) in [5, 5.41) is 10.6. The maximum Gasteiger partial charge on any atom is 0.261 e. The van der Waals surface area contributed by atoms with Gasteiger partial charge >= 0.3 is 0 Å². The molecule has 0 aliphatic heterocycles. The number of hydrogen-bond acceptors (Lipinski definition) is 4. The standard InChI is InChI=1S/C22H25FN2O3/c1-14-9-15(22(2,3)4)5-8-20(14)28-12-17(26)11-25-13-24-19-10-16(23)6-7-18(19)21(25)27/h5-10,13,17,26H,11-12H2,1-4H3. The molecule has 0 saturated heterocycles. The topological polar surface area (TPSA) is 64.3 Å². The summed E-state index contributed by atoms with van der Waals surface area (Å²) in [6.07, 6.45) is 0.426. The van der Waals surface area contributed by atoms with E-state index in [0.29, 0.717) is 16.7 Å². The predicted molar refractivity (Wildman–Crippen MR) is 107 cm³/mol. The van der Waals surface area contributed by atoms with Crippen LogP contribution < -0.4 is 10.3 Å². The van der Waals surface area contributed by atoms with E-state index < -0.39 is 11.9 Å². The van der Waals surface area contributed by atoms with Crippen molar-refractivity contribution in [3.05, 3.63) is 70.0 Å². The Morgan fingerprint density at radius 1 is 1.21 bits per heavy atom. The van der Waals surface area contributed by atoms with Gasteiger partial charge in [0, 0.05) is 6.07 Å². The van der Waals surface area contributed by atoms with Gasteiger partial charge in [-0.1, -0.05) is 32.9 Å². The largest absolute Gasteiger partial charge is 0.491 e. The Kier molecular flexibility index (Phi) is 5.52. The van der Waals surface area contributed by atoms with Gasteiger partial charge in [0.25, 0.3) is 5.56 Å². The first kappa shape index (κ1) is 20.0. The number of fused-ring (bicyclic) bond motifs is 1. The first-order chi connectivity index (χ1) is 13.1. The van der Waals surface area contributed by atoms with Crippen molar-refractivity contribution in [3.8, 4) is 5.75 Å². The Labute approximate surface area is 163 Å². The van der Waals surface area contributed by atoms with E-state index in [9.17, 15) is 14.3 Å². The highest BCUT2D eigenvalue weighted by Crippen LogP contribution is 2.27. The molecule has 3 aromatic rings. The van der Waals surface area contributed by atoms with E-state index in [1.807, 2.05) is 19.1 Å². The van der Waals surface area contributed by atoms with Crippen LogP contribution in [0.2, 0.25) is 0 Å². The van der Waals surface area contributed by atoms with Crippen molar-refractivity contribution in [2.24, 2.45) is 0 Å². The van der Waals surface area contributed by atoms with E-state index in [-0.39, 0.29) is 24.1 Å². The molecule has 0 bridgehead atoms. The number of halogens is 1. The number of benzene rings is 2. The van der Waals surface area contributed by atoms with Gasteiger partial charge in [-0.2, -0.15) is 0 Å². The van der Waals surface area contributed by atoms with Crippen molar-refractivity contribution in [3.63, 3.8) is 0 Å². The highest BCUT2D eigenvalue weighted by molar-refractivity contribution is 5.77.